The molecule has 0 aliphatic heterocycles. The second kappa shape index (κ2) is 8.15. The van der Waals surface area contributed by atoms with Crippen LogP contribution >= 0.6 is 11.8 Å². The van der Waals surface area contributed by atoms with Gasteiger partial charge in [-0.2, -0.15) is 0 Å². The lowest BCUT2D eigenvalue weighted by Gasteiger charge is -2.18. The second-order valence-electron chi connectivity index (χ2n) is 4.86. The normalized spacial score (nSPS) is 12.3. The summed E-state index contributed by atoms with van der Waals surface area (Å²) in [4.78, 5) is 1.20. The molecule has 112 valence electrons. The molecule has 1 atom stereocenters. The molecule has 2 rings (SSSR count). The summed E-state index contributed by atoms with van der Waals surface area (Å²) in [6, 6.07) is 14.0. The Bertz CT molecular complexity index is 540. The standard InChI is InChI=1S/C17H19F2NS/c1-2-20-16(12-21-17-6-4-3-5-7-17)10-13-8-14(18)11-15(19)9-13/h3-9,11,16,20H,2,10,12H2,1H3. The predicted molar refractivity (Wildman–Crippen MR) is 84.7 cm³/mol. The van der Waals surface area contributed by atoms with E-state index < -0.39 is 11.6 Å². The molecular formula is C17H19F2NS. The van der Waals surface area contributed by atoms with Crippen LogP contribution in [0.2, 0.25) is 0 Å². The van der Waals surface area contributed by atoms with Gasteiger partial charge in [0, 0.05) is 22.8 Å². The zero-order valence-corrected chi connectivity index (χ0v) is 12.8. The van der Waals surface area contributed by atoms with Crippen LogP contribution in [0.5, 0.6) is 0 Å². The van der Waals surface area contributed by atoms with Gasteiger partial charge < -0.3 is 5.32 Å². The largest absolute Gasteiger partial charge is 0.313 e. The molecule has 0 aliphatic rings. The van der Waals surface area contributed by atoms with Gasteiger partial charge in [0.1, 0.15) is 11.6 Å². The fourth-order valence-electron chi connectivity index (χ4n) is 2.21. The van der Waals surface area contributed by atoms with Gasteiger partial charge >= 0.3 is 0 Å². The minimum Gasteiger partial charge on any atom is -0.313 e. The number of nitrogens with one attached hydrogen (secondary N) is 1. The van der Waals surface area contributed by atoms with Crippen molar-refractivity contribution in [1.29, 1.82) is 0 Å². The molecule has 0 radical (unpaired) electrons. The van der Waals surface area contributed by atoms with E-state index in [0.29, 0.717) is 12.0 Å². The summed E-state index contributed by atoms with van der Waals surface area (Å²) in [7, 11) is 0. The number of likely N-dealkylation sites (N-methyl/N-ethyl adjacent to an activating group) is 1. The Morgan fingerprint density at radius 1 is 1.05 bits per heavy atom. The molecule has 0 saturated carbocycles. The van der Waals surface area contributed by atoms with Crippen molar-refractivity contribution in [2.24, 2.45) is 0 Å². The van der Waals surface area contributed by atoms with Crippen LogP contribution in [-0.4, -0.2) is 18.3 Å². The van der Waals surface area contributed by atoms with Gasteiger partial charge in [-0.25, -0.2) is 8.78 Å². The average Bonchev–Trinajstić information content (AvgIpc) is 2.45. The Kier molecular flexibility index (Phi) is 6.21. The first-order valence-electron chi connectivity index (χ1n) is 7.03. The lowest BCUT2D eigenvalue weighted by Crippen LogP contribution is -2.33. The summed E-state index contributed by atoms with van der Waals surface area (Å²) >= 11 is 1.75. The third-order valence-electron chi connectivity index (χ3n) is 3.09. The van der Waals surface area contributed by atoms with E-state index in [1.165, 1.54) is 17.0 Å². The monoisotopic (exact) mass is 307 g/mol. The summed E-state index contributed by atoms with van der Waals surface area (Å²) in [5, 5.41) is 3.37. The lowest BCUT2D eigenvalue weighted by atomic mass is 10.1. The average molecular weight is 307 g/mol. The highest BCUT2D eigenvalue weighted by Gasteiger charge is 2.11. The van der Waals surface area contributed by atoms with E-state index in [1.807, 2.05) is 25.1 Å². The molecule has 1 nitrogen and oxygen atoms in total. The van der Waals surface area contributed by atoms with Crippen molar-refractivity contribution in [1.82, 2.24) is 5.32 Å². The maximum Gasteiger partial charge on any atom is 0.126 e. The maximum absolute atomic E-state index is 13.2. The molecule has 2 aromatic rings. The summed E-state index contributed by atoms with van der Waals surface area (Å²) in [5.41, 5.74) is 0.687. The number of hydrogen-bond donors (Lipinski definition) is 1. The predicted octanol–water partition coefficient (Wildman–Crippen LogP) is 4.28. The SMILES string of the molecule is CCNC(CSc1ccccc1)Cc1cc(F)cc(F)c1. The number of rotatable bonds is 7. The van der Waals surface area contributed by atoms with Crippen LogP contribution in [0.4, 0.5) is 8.78 Å². The third kappa shape index (κ3) is 5.48. The van der Waals surface area contributed by atoms with Gasteiger partial charge in [-0.3, -0.25) is 0 Å². The van der Waals surface area contributed by atoms with Crippen LogP contribution in [-0.2, 0) is 6.42 Å². The van der Waals surface area contributed by atoms with Crippen molar-refractivity contribution in [2.45, 2.75) is 24.3 Å². The molecule has 0 spiro atoms. The maximum atomic E-state index is 13.2. The van der Waals surface area contributed by atoms with Crippen LogP contribution < -0.4 is 5.32 Å². The first kappa shape index (κ1) is 16.0. The first-order chi connectivity index (χ1) is 10.2. The van der Waals surface area contributed by atoms with E-state index >= 15 is 0 Å². The van der Waals surface area contributed by atoms with Crippen molar-refractivity contribution in [3.05, 3.63) is 65.7 Å². The van der Waals surface area contributed by atoms with Crippen LogP contribution in [0.3, 0.4) is 0 Å². The molecular weight excluding hydrogens is 288 g/mol. The van der Waals surface area contributed by atoms with E-state index in [4.69, 9.17) is 0 Å². The quantitative estimate of drug-likeness (QED) is 0.766. The number of hydrogen-bond acceptors (Lipinski definition) is 2. The summed E-state index contributed by atoms with van der Waals surface area (Å²) in [6.45, 7) is 2.87. The molecule has 2 aromatic carbocycles. The minimum absolute atomic E-state index is 0.182. The van der Waals surface area contributed by atoms with Crippen LogP contribution in [0.1, 0.15) is 12.5 Å². The van der Waals surface area contributed by atoms with Crippen LogP contribution in [0, 0.1) is 11.6 Å². The Hall–Kier alpha value is -1.39. The lowest BCUT2D eigenvalue weighted by molar-refractivity contribution is 0.555. The van der Waals surface area contributed by atoms with Gasteiger partial charge in [0.05, 0.1) is 0 Å². The molecule has 21 heavy (non-hydrogen) atoms. The summed E-state index contributed by atoms with van der Waals surface area (Å²) in [5.74, 6) is -0.178. The summed E-state index contributed by atoms with van der Waals surface area (Å²) < 4.78 is 26.5. The van der Waals surface area contributed by atoms with E-state index in [-0.39, 0.29) is 6.04 Å². The zero-order valence-electron chi connectivity index (χ0n) is 12.0. The van der Waals surface area contributed by atoms with Gasteiger partial charge in [-0.05, 0) is 42.8 Å². The first-order valence-corrected chi connectivity index (χ1v) is 8.02. The number of thioether (sulfide) groups is 1. The fourth-order valence-corrected chi connectivity index (χ4v) is 3.18. The van der Waals surface area contributed by atoms with Crippen molar-refractivity contribution in [3.8, 4) is 0 Å². The van der Waals surface area contributed by atoms with E-state index in [9.17, 15) is 8.78 Å². The molecule has 1 unspecified atom stereocenters. The molecule has 0 saturated heterocycles. The molecule has 0 bridgehead atoms. The summed E-state index contributed by atoms with van der Waals surface area (Å²) in [6.07, 6.45) is 0.613. The van der Waals surface area contributed by atoms with Crippen molar-refractivity contribution < 1.29 is 8.78 Å². The van der Waals surface area contributed by atoms with Gasteiger partial charge in [0.15, 0.2) is 0 Å². The van der Waals surface area contributed by atoms with Crippen molar-refractivity contribution in [3.63, 3.8) is 0 Å². The van der Waals surface area contributed by atoms with E-state index in [1.54, 1.807) is 11.8 Å². The smallest absolute Gasteiger partial charge is 0.126 e. The Balaban J connectivity index is 1.98. The fraction of sp³-hybridized carbons (Fsp3) is 0.294. The minimum atomic E-state index is -0.518. The molecule has 0 aromatic heterocycles. The topological polar surface area (TPSA) is 12.0 Å². The molecule has 4 heteroatoms. The van der Waals surface area contributed by atoms with Crippen molar-refractivity contribution in [2.75, 3.05) is 12.3 Å². The molecule has 0 aliphatic carbocycles. The number of halogens is 2. The van der Waals surface area contributed by atoms with Crippen LogP contribution in [0.25, 0.3) is 0 Å². The van der Waals surface area contributed by atoms with E-state index in [0.717, 1.165) is 18.4 Å². The highest BCUT2D eigenvalue weighted by molar-refractivity contribution is 7.99. The molecule has 0 fully saturated rings. The van der Waals surface area contributed by atoms with Gasteiger partial charge in [-0.15, -0.1) is 11.8 Å². The van der Waals surface area contributed by atoms with Crippen LogP contribution in [0.15, 0.2) is 53.4 Å². The highest BCUT2D eigenvalue weighted by atomic mass is 32.2. The second-order valence-corrected chi connectivity index (χ2v) is 5.95. The van der Waals surface area contributed by atoms with Crippen molar-refractivity contribution >= 4 is 11.8 Å². The Labute approximate surface area is 128 Å². The number of benzene rings is 2. The van der Waals surface area contributed by atoms with E-state index in [2.05, 4.69) is 17.4 Å². The third-order valence-corrected chi connectivity index (χ3v) is 4.27. The van der Waals surface area contributed by atoms with Gasteiger partial charge in [0.25, 0.3) is 0 Å². The zero-order chi connectivity index (χ0) is 15.1. The van der Waals surface area contributed by atoms with Gasteiger partial charge in [0.2, 0.25) is 0 Å². The molecule has 1 N–H and O–H groups in total. The molecule has 0 heterocycles. The Morgan fingerprint density at radius 2 is 1.71 bits per heavy atom. The highest BCUT2D eigenvalue weighted by Crippen LogP contribution is 2.20. The molecule has 0 amide bonds. The van der Waals surface area contributed by atoms with Gasteiger partial charge in [-0.1, -0.05) is 25.1 Å². The Morgan fingerprint density at radius 3 is 2.33 bits per heavy atom.